The van der Waals surface area contributed by atoms with Crippen LogP contribution in [0.5, 0.6) is 17.2 Å². The number of hydrogen-bond donors (Lipinski definition) is 1. The van der Waals surface area contributed by atoms with Gasteiger partial charge in [0, 0.05) is 5.39 Å². The van der Waals surface area contributed by atoms with Gasteiger partial charge in [0.15, 0.2) is 17.1 Å². The number of nitrogens with one attached hydrogen (secondary N) is 1. The van der Waals surface area contributed by atoms with Crippen LogP contribution < -0.4 is 19.5 Å². The van der Waals surface area contributed by atoms with Gasteiger partial charge in [0.05, 0.1) is 20.3 Å². The molecule has 0 saturated heterocycles. The van der Waals surface area contributed by atoms with Crippen molar-refractivity contribution in [3.05, 3.63) is 54.3 Å². The minimum Gasteiger partial charge on any atom is -0.497 e. The maximum Gasteiger partial charge on any atom is 0.287 e. The number of methoxy groups -OCH3 is 2. The van der Waals surface area contributed by atoms with Crippen LogP contribution in [0.1, 0.15) is 17.5 Å². The lowest BCUT2D eigenvalue weighted by Gasteiger charge is -2.14. The minimum atomic E-state index is -0.297. The largest absolute Gasteiger partial charge is 0.497 e. The third-order valence-corrected chi connectivity index (χ3v) is 3.89. The van der Waals surface area contributed by atoms with Crippen LogP contribution in [0.3, 0.4) is 0 Å². The Morgan fingerprint density at radius 1 is 1.08 bits per heavy atom. The van der Waals surface area contributed by atoms with Gasteiger partial charge in [0.1, 0.15) is 18.1 Å². The maximum atomic E-state index is 12.4. The molecule has 0 aliphatic rings. The standard InChI is InChI=1S/C20H21NO5/c1-13(12-25-16-9-7-15(23-2)8-10-16)21-20(22)18-11-14-5-4-6-17(24-3)19(14)26-18/h4-11,13H,12H2,1-3H3,(H,21,22). The minimum absolute atomic E-state index is 0.195. The number of hydrogen-bond acceptors (Lipinski definition) is 5. The fourth-order valence-electron chi connectivity index (χ4n) is 2.54. The fraction of sp³-hybridized carbons (Fsp3) is 0.250. The van der Waals surface area contributed by atoms with Crippen LogP contribution in [0.4, 0.5) is 0 Å². The van der Waals surface area contributed by atoms with Gasteiger partial charge < -0.3 is 23.9 Å². The van der Waals surface area contributed by atoms with Crippen LogP contribution in [-0.2, 0) is 0 Å². The molecule has 0 saturated carbocycles. The molecule has 26 heavy (non-hydrogen) atoms. The highest BCUT2D eigenvalue weighted by Crippen LogP contribution is 2.28. The van der Waals surface area contributed by atoms with E-state index in [0.29, 0.717) is 23.7 Å². The number of fused-ring (bicyclic) bond motifs is 1. The van der Waals surface area contributed by atoms with Gasteiger partial charge in [0.2, 0.25) is 0 Å². The lowest BCUT2D eigenvalue weighted by Crippen LogP contribution is -2.36. The molecule has 6 heteroatoms. The number of ether oxygens (including phenoxy) is 3. The Morgan fingerprint density at radius 3 is 2.50 bits per heavy atom. The molecule has 2 aromatic carbocycles. The van der Waals surface area contributed by atoms with Crippen molar-refractivity contribution in [3.8, 4) is 17.2 Å². The van der Waals surface area contributed by atoms with E-state index < -0.39 is 0 Å². The summed E-state index contributed by atoms with van der Waals surface area (Å²) in [6.45, 7) is 2.20. The average molecular weight is 355 g/mol. The molecule has 0 aliphatic carbocycles. The van der Waals surface area contributed by atoms with Crippen LogP contribution in [0, 0.1) is 0 Å². The van der Waals surface area contributed by atoms with E-state index in [1.807, 2.05) is 43.3 Å². The molecule has 6 nitrogen and oxygen atoms in total. The highest BCUT2D eigenvalue weighted by molar-refractivity contribution is 5.97. The molecule has 3 rings (SSSR count). The molecule has 1 aromatic heterocycles. The normalized spacial score (nSPS) is 11.8. The van der Waals surface area contributed by atoms with Crippen LogP contribution in [0.25, 0.3) is 11.0 Å². The molecule has 1 N–H and O–H groups in total. The molecule has 0 bridgehead atoms. The highest BCUT2D eigenvalue weighted by atomic mass is 16.5. The van der Waals surface area contributed by atoms with Crippen molar-refractivity contribution in [1.82, 2.24) is 5.32 Å². The molecular formula is C20H21NO5. The fourth-order valence-corrected chi connectivity index (χ4v) is 2.54. The van der Waals surface area contributed by atoms with E-state index in [0.717, 1.165) is 11.1 Å². The number of amides is 1. The van der Waals surface area contributed by atoms with Crippen molar-refractivity contribution in [2.75, 3.05) is 20.8 Å². The lowest BCUT2D eigenvalue weighted by molar-refractivity contribution is 0.0900. The summed E-state index contributed by atoms with van der Waals surface area (Å²) < 4.78 is 21.7. The van der Waals surface area contributed by atoms with Gasteiger partial charge in [-0.25, -0.2) is 0 Å². The van der Waals surface area contributed by atoms with E-state index in [2.05, 4.69) is 5.32 Å². The van der Waals surface area contributed by atoms with Crippen LogP contribution in [0.15, 0.2) is 52.9 Å². The second-order valence-corrected chi connectivity index (χ2v) is 5.85. The third-order valence-electron chi connectivity index (χ3n) is 3.89. The Labute approximate surface area is 151 Å². The second kappa shape index (κ2) is 7.82. The summed E-state index contributed by atoms with van der Waals surface area (Å²) in [6.07, 6.45) is 0. The van der Waals surface area contributed by atoms with Gasteiger partial charge in [-0.2, -0.15) is 0 Å². The zero-order valence-corrected chi connectivity index (χ0v) is 14.9. The first-order chi connectivity index (χ1) is 12.6. The number of benzene rings is 2. The monoisotopic (exact) mass is 355 g/mol. The summed E-state index contributed by atoms with van der Waals surface area (Å²) >= 11 is 0. The summed E-state index contributed by atoms with van der Waals surface area (Å²) in [6, 6.07) is 14.3. The van der Waals surface area contributed by atoms with Crippen molar-refractivity contribution in [3.63, 3.8) is 0 Å². The first kappa shape index (κ1) is 17.7. The topological polar surface area (TPSA) is 69.9 Å². The molecular weight excluding hydrogens is 334 g/mol. The lowest BCUT2D eigenvalue weighted by atomic mass is 10.2. The molecule has 0 spiro atoms. The van der Waals surface area contributed by atoms with Gasteiger partial charge in [-0.05, 0) is 43.3 Å². The van der Waals surface area contributed by atoms with E-state index in [1.54, 1.807) is 26.4 Å². The second-order valence-electron chi connectivity index (χ2n) is 5.85. The molecule has 0 fully saturated rings. The molecule has 0 aliphatic heterocycles. The Balaban J connectivity index is 1.60. The van der Waals surface area contributed by atoms with Crippen molar-refractivity contribution in [2.45, 2.75) is 13.0 Å². The predicted molar refractivity (Wildman–Crippen MR) is 98.2 cm³/mol. The first-order valence-corrected chi connectivity index (χ1v) is 8.25. The first-order valence-electron chi connectivity index (χ1n) is 8.25. The molecule has 136 valence electrons. The maximum absolute atomic E-state index is 12.4. The van der Waals surface area contributed by atoms with Crippen molar-refractivity contribution in [2.24, 2.45) is 0 Å². The zero-order valence-electron chi connectivity index (χ0n) is 14.9. The van der Waals surface area contributed by atoms with E-state index in [-0.39, 0.29) is 17.7 Å². The molecule has 1 amide bonds. The SMILES string of the molecule is COc1ccc(OCC(C)NC(=O)c2cc3cccc(OC)c3o2)cc1. The van der Waals surface area contributed by atoms with Gasteiger partial charge in [-0.15, -0.1) is 0 Å². The summed E-state index contributed by atoms with van der Waals surface area (Å²) in [5, 5.41) is 3.68. The smallest absolute Gasteiger partial charge is 0.287 e. The van der Waals surface area contributed by atoms with E-state index in [1.165, 1.54) is 0 Å². The molecule has 1 heterocycles. The Kier molecular flexibility index (Phi) is 5.31. The highest BCUT2D eigenvalue weighted by Gasteiger charge is 2.17. The van der Waals surface area contributed by atoms with Crippen molar-refractivity contribution < 1.29 is 23.4 Å². The zero-order chi connectivity index (χ0) is 18.5. The molecule has 0 radical (unpaired) electrons. The number of carbonyl (C=O) groups excluding carboxylic acids is 1. The van der Waals surface area contributed by atoms with E-state index >= 15 is 0 Å². The van der Waals surface area contributed by atoms with Crippen molar-refractivity contribution in [1.29, 1.82) is 0 Å². The Morgan fingerprint density at radius 2 is 1.81 bits per heavy atom. The van der Waals surface area contributed by atoms with Gasteiger partial charge >= 0.3 is 0 Å². The number of furan rings is 1. The Hall–Kier alpha value is -3.15. The third kappa shape index (κ3) is 3.91. The van der Waals surface area contributed by atoms with E-state index in [9.17, 15) is 4.79 Å². The molecule has 1 atom stereocenters. The van der Waals surface area contributed by atoms with Gasteiger partial charge in [-0.1, -0.05) is 12.1 Å². The van der Waals surface area contributed by atoms with Crippen molar-refractivity contribution >= 4 is 16.9 Å². The number of carbonyl (C=O) groups is 1. The predicted octanol–water partition coefficient (Wildman–Crippen LogP) is 3.65. The molecule has 1 unspecified atom stereocenters. The average Bonchev–Trinajstić information content (AvgIpc) is 3.11. The summed E-state index contributed by atoms with van der Waals surface area (Å²) in [5.41, 5.74) is 0.558. The van der Waals surface area contributed by atoms with Gasteiger partial charge in [0.25, 0.3) is 5.91 Å². The van der Waals surface area contributed by atoms with Gasteiger partial charge in [-0.3, -0.25) is 4.79 Å². The number of para-hydroxylation sites is 1. The van der Waals surface area contributed by atoms with Crippen LogP contribution in [-0.4, -0.2) is 32.8 Å². The summed E-state index contributed by atoms with van der Waals surface area (Å²) in [4.78, 5) is 12.4. The molecule has 3 aromatic rings. The van der Waals surface area contributed by atoms with Crippen LogP contribution >= 0.6 is 0 Å². The number of rotatable bonds is 7. The Bertz CT molecular complexity index is 885. The van der Waals surface area contributed by atoms with Crippen LogP contribution in [0.2, 0.25) is 0 Å². The summed E-state index contributed by atoms with van der Waals surface area (Å²) in [5.74, 6) is 2.01. The van der Waals surface area contributed by atoms with E-state index in [4.69, 9.17) is 18.6 Å². The summed E-state index contributed by atoms with van der Waals surface area (Å²) in [7, 11) is 3.18. The quantitative estimate of drug-likeness (QED) is 0.701.